The maximum atomic E-state index is 11.7. The Balaban J connectivity index is 2.10. The fourth-order valence-corrected chi connectivity index (χ4v) is 2.90. The molecule has 2 aromatic rings. The van der Waals surface area contributed by atoms with E-state index in [4.69, 9.17) is 11.5 Å². The van der Waals surface area contributed by atoms with Gasteiger partial charge in [0.1, 0.15) is 5.54 Å². The van der Waals surface area contributed by atoms with Crippen molar-refractivity contribution in [3.63, 3.8) is 0 Å². The molecule has 0 radical (unpaired) electrons. The highest BCUT2D eigenvalue weighted by molar-refractivity contribution is 7.99. The second-order valence-corrected chi connectivity index (χ2v) is 5.73. The summed E-state index contributed by atoms with van der Waals surface area (Å²) in [6.07, 6.45) is 0.345. The van der Waals surface area contributed by atoms with Gasteiger partial charge in [-0.1, -0.05) is 42.1 Å². The van der Waals surface area contributed by atoms with Gasteiger partial charge in [-0.25, -0.2) is 9.89 Å². The molecule has 8 heteroatoms. The molecule has 0 aliphatic rings. The second kappa shape index (κ2) is 6.15. The summed E-state index contributed by atoms with van der Waals surface area (Å²) >= 11 is 1.34. The normalized spacial score (nSPS) is 13.8. The average molecular weight is 307 g/mol. The first-order valence-electron chi connectivity index (χ1n) is 6.33. The van der Waals surface area contributed by atoms with Crippen molar-refractivity contribution in [1.82, 2.24) is 14.8 Å². The molecule has 1 unspecified atom stereocenters. The summed E-state index contributed by atoms with van der Waals surface area (Å²) < 4.78 is 1.40. The molecule has 5 N–H and O–H groups in total. The molecule has 2 rings (SSSR count). The number of nitrogens with one attached hydrogen (secondary N) is 1. The number of benzene rings is 1. The van der Waals surface area contributed by atoms with Crippen LogP contribution in [0.1, 0.15) is 12.0 Å². The lowest BCUT2D eigenvalue weighted by Gasteiger charge is -2.26. The highest BCUT2D eigenvalue weighted by Crippen LogP contribution is 2.25. The minimum atomic E-state index is -1.23. The van der Waals surface area contributed by atoms with Crippen molar-refractivity contribution in [2.75, 3.05) is 5.75 Å². The Hall–Kier alpha value is -2.06. The summed E-state index contributed by atoms with van der Waals surface area (Å²) in [6.45, 7) is 0. The summed E-state index contributed by atoms with van der Waals surface area (Å²) in [5, 5.41) is 6.78. The SMILES string of the molecule is Cn1c(SCCC(N)(C(N)=O)c2ccccc2)n[nH]c1=O. The van der Waals surface area contributed by atoms with E-state index in [0.717, 1.165) is 0 Å². The molecule has 1 heterocycles. The lowest BCUT2D eigenvalue weighted by atomic mass is 9.88. The number of hydrogen-bond acceptors (Lipinski definition) is 5. The van der Waals surface area contributed by atoms with E-state index in [1.54, 1.807) is 19.2 Å². The van der Waals surface area contributed by atoms with E-state index in [0.29, 0.717) is 22.9 Å². The van der Waals surface area contributed by atoms with E-state index in [9.17, 15) is 9.59 Å². The number of H-pyrrole nitrogens is 1. The quantitative estimate of drug-likeness (QED) is 0.645. The Morgan fingerprint density at radius 2 is 2.10 bits per heavy atom. The smallest absolute Gasteiger partial charge is 0.343 e. The number of amides is 1. The number of carbonyl (C=O) groups excluding carboxylic acids is 1. The third-order valence-corrected chi connectivity index (χ3v) is 4.33. The zero-order valence-electron chi connectivity index (χ0n) is 11.6. The van der Waals surface area contributed by atoms with Gasteiger partial charge in [0.15, 0.2) is 5.16 Å². The number of nitrogens with two attached hydrogens (primary N) is 2. The summed E-state index contributed by atoms with van der Waals surface area (Å²) in [4.78, 5) is 23.0. The van der Waals surface area contributed by atoms with Crippen LogP contribution in [0.3, 0.4) is 0 Å². The van der Waals surface area contributed by atoms with Gasteiger partial charge in [-0.05, 0) is 12.0 Å². The number of thioether (sulfide) groups is 1. The van der Waals surface area contributed by atoms with Crippen LogP contribution in [0.2, 0.25) is 0 Å². The van der Waals surface area contributed by atoms with Gasteiger partial charge in [-0.3, -0.25) is 9.36 Å². The average Bonchev–Trinajstić information content (AvgIpc) is 2.80. The van der Waals surface area contributed by atoms with Crippen LogP contribution in [0.5, 0.6) is 0 Å². The number of hydrogen-bond donors (Lipinski definition) is 3. The fraction of sp³-hybridized carbons (Fsp3) is 0.308. The molecule has 7 nitrogen and oxygen atoms in total. The van der Waals surface area contributed by atoms with Gasteiger partial charge in [-0.2, -0.15) is 0 Å². The third kappa shape index (κ3) is 3.17. The van der Waals surface area contributed by atoms with Crippen LogP contribution in [0.25, 0.3) is 0 Å². The molecule has 1 atom stereocenters. The minimum Gasteiger partial charge on any atom is -0.368 e. The molecule has 21 heavy (non-hydrogen) atoms. The van der Waals surface area contributed by atoms with Crippen LogP contribution in [-0.2, 0) is 17.4 Å². The van der Waals surface area contributed by atoms with Gasteiger partial charge in [0.25, 0.3) is 0 Å². The van der Waals surface area contributed by atoms with Crippen molar-refractivity contribution in [3.05, 3.63) is 46.4 Å². The van der Waals surface area contributed by atoms with Crippen LogP contribution in [0.15, 0.2) is 40.3 Å². The van der Waals surface area contributed by atoms with Crippen molar-refractivity contribution in [2.24, 2.45) is 18.5 Å². The Morgan fingerprint density at radius 1 is 1.43 bits per heavy atom. The monoisotopic (exact) mass is 307 g/mol. The zero-order chi connectivity index (χ0) is 15.5. The standard InChI is InChI=1S/C13H17N5O2S/c1-18-11(20)16-17-12(18)21-8-7-13(15,10(14)19)9-5-3-2-4-6-9/h2-6H,7-8,15H2,1H3,(H2,14,19)(H,16,20). The maximum absolute atomic E-state index is 11.7. The van der Waals surface area contributed by atoms with E-state index in [-0.39, 0.29) is 5.69 Å². The number of carbonyl (C=O) groups is 1. The molecule has 112 valence electrons. The number of aromatic amines is 1. The highest BCUT2D eigenvalue weighted by Gasteiger charge is 2.33. The van der Waals surface area contributed by atoms with E-state index in [1.807, 2.05) is 18.2 Å². The molecule has 0 aliphatic heterocycles. The molecule has 0 fully saturated rings. The predicted octanol–water partition coefficient (Wildman–Crippen LogP) is -0.0699. The van der Waals surface area contributed by atoms with E-state index < -0.39 is 11.4 Å². The van der Waals surface area contributed by atoms with Gasteiger partial charge in [0, 0.05) is 12.8 Å². The summed E-state index contributed by atoms with van der Waals surface area (Å²) in [5.41, 5.74) is 10.8. The topological polar surface area (TPSA) is 120 Å². The van der Waals surface area contributed by atoms with Crippen LogP contribution in [0.4, 0.5) is 0 Å². The van der Waals surface area contributed by atoms with Gasteiger partial charge >= 0.3 is 5.69 Å². The highest BCUT2D eigenvalue weighted by atomic mass is 32.2. The largest absolute Gasteiger partial charge is 0.368 e. The van der Waals surface area contributed by atoms with Crippen molar-refractivity contribution in [1.29, 1.82) is 0 Å². The van der Waals surface area contributed by atoms with Crippen LogP contribution in [0, 0.1) is 0 Å². The Labute approximate surface area is 125 Å². The van der Waals surface area contributed by atoms with E-state index in [1.165, 1.54) is 16.3 Å². The molecule has 1 aromatic carbocycles. The first-order valence-corrected chi connectivity index (χ1v) is 7.32. The van der Waals surface area contributed by atoms with E-state index >= 15 is 0 Å². The molecule has 0 aliphatic carbocycles. The van der Waals surface area contributed by atoms with E-state index in [2.05, 4.69) is 10.2 Å². The number of nitrogens with zero attached hydrogens (tertiary/aromatic N) is 2. The summed E-state index contributed by atoms with van der Waals surface area (Å²) in [5.74, 6) is -0.0721. The molecule has 1 amide bonds. The molecule has 1 aromatic heterocycles. The first kappa shape index (κ1) is 15.3. The third-order valence-electron chi connectivity index (χ3n) is 3.29. The Bertz CT molecular complexity index is 681. The number of aromatic nitrogens is 3. The second-order valence-electron chi connectivity index (χ2n) is 4.67. The predicted molar refractivity (Wildman–Crippen MR) is 80.7 cm³/mol. The van der Waals surface area contributed by atoms with Crippen LogP contribution in [-0.4, -0.2) is 26.4 Å². The van der Waals surface area contributed by atoms with Gasteiger partial charge in [-0.15, -0.1) is 5.10 Å². The Morgan fingerprint density at radius 3 is 2.62 bits per heavy atom. The van der Waals surface area contributed by atoms with Crippen LogP contribution >= 0.6 is 11.8 Å². The van der Waals surface area contributed by atoms with Crippen molar-refractivity contribution >= 4 is 17.7 Å². The number of primary amides is 1. The summed E-state index contributed by atoms with van der Waals surface area (Å²) in [6, 6.07) is 9.02. The van der Waals surface area contributed by atoms with Crippen molar-refractivity contribution < 1.29 is 4.79 Å². The van der Waals surface area contributed by atoms with Gasteiger partial charge < -0.3 is 11.5 Å². The molecule has 0 spiro atoms. The van der Waals surface area contributed by atoms with Crippen LogP contribution < -0.4 is 17.2 Å². The van der Waals surface area contributed by atoms with Crippen molar-refractivity contribution in [2.45, 2.75) is 17.1 Å². The minimum absolute atomic E-state index is 0.283. The lowest BCUT2D eigenvalue weighted by molar-refractivity contribution is -0.123. The zero-order valence-corrected chi connectivity index (χ0v) is 12.4. The molecular weight excluding hydrogens is 290 g/mol. The lowest BCUT2D eigenvalue weighted by Crippen LogP contribution is -2.49. The molecule has 0 saturated heterocycles. The fourth-order valence-electron chi connectivity index (χ4n) is 1.91. The van der Waals surface area contributed by atoms with Crippen molar-refractivity contribution in [3.8, 4) is 0 Å². The molecule has 0 bridgehead atoms. The summed E-state index contributed by atoms with van der Waals surface area (Å²) in [7, 11) is 1.62. The molecule has 0 saturated carbocycles. The van der Waals surface area contributed by atoms with Gasteiger partial charge in [0.05, 0.1) is 0 Å². The maximum Gasteiger partial charge on any atom is 0.343 e. The molecular formula is C13H17N5O2S. The Kier molecular flexibility index (Phi) is 4.49. The number of rotatable bonds is 6. The van der Waals surface area contributed by atoms with Gasteiger partial charge in [0.2, 0.25) is 5.91 Å². The first-order chi connectivity index (χ1) is 9.95.